The second-order valence-corrected chi connectivity index (χ2v) is 4.68. The van der Waals surface area contributed by atoms with Crippen LogP contribution in [0.15, 0.2) is 18.2 Å². The van der Waals surface area contributed by atoms with Crippen LogP contribution < -0.4 is 5.73 Å². The second kappa shape index (κ2) is 8.01. The molecule has 116 valence electrons. The number of nitrogens with zero attached hydrogens (tertiary/aromatic N) is 1. The highest BCUT2D eigenvalue weighted by Crippen LogP contribution is 2.19. The van der Waals surface area contributed by atoms with Crippen LogP contribution in [0, 0.1) is 17.7 Å². The molecule has 0 unspecified atom stereocenters. The van der Waals surface area contributed by atoms with Gasteiger partial charge in [0, 0.05) is 12.1 Å². The van der Waals surface area contributed by atoms with Crippen molar-refractivity contribution in [3.05, 3.63) is 35.1 Å². The SMILES string of the molecule is CCCN(Cc1cc(F)cc(C#CCN)c1)CC(F)(F)F. The quantitative estimate of drug-likeness (QED) is 0.669. The van der Waals surface area contributed by atoms with Gasteiger partial charge >= 0.3 is 6.18 Å². The molecule has 2 N–H and O–H groups in total. The summed E-state index contributed by atoms with van der Waals surface area (Å²) in [5, 5.41) is 0. The van der Waals surface area contributed by atoms with E-state index in [1.807, 2.05) is 0 Å². The normalized spacial score (nSPS) is 11.4. The van der Waals surface area contributed by atoms with Crippen molar-refractivity contribution in [3.8, 4) is 11.8 Å². The zero-order valence-corrected chi connectivity index (χ0v) is 11.8. The third kappa shape index (κ3) is 7.11. The number of nitrogens with two attached hydrogens (primary N) is 1. The van der Waals surface area contributed by atoms with Crippen LogP contribution in [0.2, 0.25) is 0 Å². The highest BCUT2D eigenvalue weighted by molar-refractivity contribution is 5.38. The lowest BCUT2D eigenvalue weighted by molar-refractivity contribution is -0.147. The van der Waals surface area contributed by atoms with E-state index in [2.05, 4.69) is 11.8 Å². The van der Waals surface area contributed by atoms with Crippen LogP contribution >= 0.6 is 0 Å². The first kappa shape index (κ1) is 17.5. The molecule has 1 rings (SSSR count). The third-order valence-corrected chi connectivity index (χ3v) is 2.64. The Balaban J connectivity index is 2.90. The Morgan fingerprint density at radius 2 is 1.95 bits per heavy atom. The zero-order chi connectivity index (χ0) is 15.9. The van der Waals surface area contributed by atoms with Gasteiger partial charge in [-0.1, -0.05) is 18.8 Å². The van der Waals surface area contributed by atoms with E-state index in [1.54, 1.807) is 13.0 Å². The smallest absolute Gasteiger partial charge is 0.320 e. The third-order valence-electron chi connectivity index (χ3n) is 2.64. The van der Waals surface area contributed by atoms with Gasteiger partial charge in [-0.2, -0.15) is 13.2 Å². The minimum atomic E-state index is -4.27. The molecule has 0 bridgehead atoms. The van der Waals surface area contributed by atoms with Gasteiger partial charge in [-0.3, -0.25) is 4.90 Å². The van der Waals surface area contributed by atoms with Gasteiger partial charge in [-0.25, -0.2) is 4.39 Å². The van der Waals surface area contributed by atoms with Gasteiger partial charge < -0.3 is 5.73 Å². The molecular weight excluding hydrogens is 284 g/mol. The largest absolute Gasteiger partial charge is 0.401 e. The topological polar surface area (TPSA) is 29.3 Å². The van der Waals surface area contributed by atoms with Crippen LogP contribution in [-0.4, -0.2) is 30.7 Å². The number of rotatable bonds is 5. The summed E-state index contributed by atoms with van der Waals surface area (Å²) in [6.07, 6.45) is -3.68. The molecular formula is C15H18F4N2. The van der Waals surface area contributed by atoms with E-state index < -0.39 is 18.5 Å². The molecule has 0 aromatic heterocycles. The lowest BCUT2D eigenvalue weighted by Gasteiger charge is -2.23. The minimum Gasteiger partial charge on any atom is -0.320 e. The van der Waals surface area contributed by atoms with E-state index in [0.717, 1.165) is 0 Å². The van der Waals surface area contributed by atoms with E-state index >= 15 is 0 Å². The molecule has 0 heterocycles. The maximum Gasteiger partial charge on any atom is 0.401 e. The van der Waals surface area contributed by atoms with Crippen molar-refractivity contribution in [3.63, 3.8) is 0 Å². The Labute approximate surface area is 121 Å². The highest BCUT2D eigenvalue weighted by Gasteiger charge is 2.30. The number of halogens is 4. The molecule has 0 fully saturated rings. The van der Waals surface area contributed by atoms with Gasteiger partial charge in [0.25, 0.3) is 0 Å². The molecule has 2 nitrogen and oxygen atoms in total. The Hall–Kier alpha value is -1.58. The first-order chi connectivity index (χ1) is 9.84. The van der Waals surface area contributed by atoms with Crippen LogP contribution in [0.3, 0.4) is 0 Å². The molecule has 21 heavy (non-hydrogen) atoms. The number of hydrogen-bond acceptors (Lipinski definition) is 2. The molecule has 1 aromatic carbocycles. The van der Waals surface area contributed by atoms with E-state index in [4.69, 9.17) is 5.73 Å². The molecule has 0 radical (unpaired) electrons. The lowest BCUT2D eigenvalue weighted by atomic mass is 10.1. The number of hydrogen-bond donors (Lipinski definition) is 1. The van der Waals surface area contributed by atoms with E-state index in [1.165, 1.54) is 17.0 Å². The fourth-order valence-electron chi connectivity index (χ4n) is 2.01. The predicted octanol–water partition coefficient (Wildman–Crippen LogP) is 2.91. The highest BCUT2D eigenvalue weighted by atomic mass is 19.4. The minimum absolute atomic E-state index is 0.0302. The lowest BCUT2D eigenvalue weighted by Crippen LogP contribution is -2.34. The molecule has 6 heteroatoms. The van der Waals surface area contributed by atoms with E-state index in [-0.39, 0.29) is 13.1 Å². The molecule has 0 atom stereocenters. The standard InChI is InChI=1S/C15H18F4N2/c1-2-6-21(11-15(17,18)19)10-13-7-12(4-3-5-20)8-14(16)9-13/h7-9H,2,5-6,10-11,20H2,1H3. The van der Waals surface area contributed by atoms with E-state index in [0.29, 0.717) is 24.1 Å². The average molecular weight is 302 g/mol. The summed E-state index contributed by atoms with van der Waals surface area (Å²) >= 11 is 0. The van der Waals surface area contributed by atoms with Gasteiger partial charge in [0.15, 0.2) is 0 Å². The molecule has 0 aliphatic heterocycles. The Bertz CT molecular complexity index is 515. The van der Waals surface area contributed by atoms with Crippen molar-refractivity contribution in [2.24, 2.45) is 5.73 Å². The molecule has 0 aliphatic rings. The van der Waals surface area contributed by atoms with Gasteiger partial charge in [0.05, 0.1) is 13.1 Å². The maximum atomic E-state index is 13.5. The van der Waals surface area contributed by atoms with Crippen molar-refractivity contribution < 1.29 is 17.6 Å². The summed E-state index contributed by atoms with van der Waals surface area (Å²) in [4.78, 5) is 1.24. The second-order valence-electron chi connectivity index (χ2n) is 4.68. The Morgan fingerprint density at radius 3 is 2.52 bits per heavy atom. The predicted molar refractivity (Wildman–Crippen MR) is 74.0 cm³/mol. The summed E-state index contributed by atoms with van der Waals surface area (Å²) in [7, 11) is 0. The number of alkyl halides is 3. The summed E-state index contributed by atoms with van der Waals surface area (Å²) in [5.74, 6) is 4.76. The summed E-state index contributed by atoms with van der Waals surface area (Å²) in [6.45, 7) is 1.25. The van der Waals surface area contributed by atoms with Crippen molar-refractivity contribution in [1.82, 2.24) is 4.90 Å². The van der Waals surface area contributed by atoms with Crippen molar-refractivity contribution in [2.75, 3.05) is 19.6 Å². The zero-order valence-electron chi connectivity index (χ0n) is 11.8. The van der Waals surface area contributed by atoms with Crippen LogP contribution in [0.4, 0.5) is 17.6 Å². The molecule has 0 saturated heterocycles. The monoisotopic (exact) mass is 302 g/mol. The van der Waals surface area contributed by atoms with Gasteiger partial charge in [0.1, 0.15) is 5.82 Å². The fourth-order valence-corrected chi connectivity index (χ4v) is 2.01. The first-order valence-electron chi connectivity index (χ1n) is 6.61. The average Bonchev–Trinajstić information content (AvgIpc) is 2.34. The molecule has 0 saturated carbocycles. The first-order valence-corrected chi connectivity index (χ1v) is 6.61. The Morgan fingerprint density at radius 1 is 1.24 bits per heavy atom. The van der Waals surface area contributed by atoms with Crippen LogP contribution in [0.25, 0.3) is 0 Å². The molecule has 1 aromatic rings. The van der Waals surface area contributed by atoms with Crippen LogP contribution in [-0.2, 0) is 6.54 Å². The van der Waals surface area contributed by atoms with Crippen molar-refractivity contribution in [2.45, 2.75) is 26.1 Å². The Kier molecular flexibility index (Phi) is 6.66. The summed E-state index contributed by atoms with van der Waals surface area (Å²) in [6, 6.07) is 4.05. The van der Waals surface area contributed by atoms with E-state index in [9.17, 15) is 17.6 Å². The fraction of sp³-hybridized carbons (Fsp3) is 0.467. The number of benzene rings is 1. The van der Waals surface area contributed by atoms with Gasteiger partial charge in [0.2, 0.25) is 0 Å². The summed E-state index contributed by atoms with van der Waals surface area (Å²) < 4.78 is 51.0. The maximum absolute atomic E-state index is 13.5. The van der Waals surface area contributed by atoms with Crippen molar-refractivity contribution in [1.29, 1.82) is 0 Å². The van der Waals surface area contributed by atoms with Gasteiger partial charge in [-0.05, 0) is 36.7 Å². The van der Waals surface area contributed by atoms with Crippen LogP contribution in [0.1, 0.15) is 24.5 Å². The van der Waals surface area contributed by atoms with Crippen molar-refractivity contribution >= 4 is 0 Å². The molecule has 0 amide bonds. The molecule has 0 spiro atoms. The van der Waals surface area contributed by atoms with Gasteiger partial charge in [-0.15, -0.1) is 0 Å². The van der Waals surface area contributed by atoms with Crippen LogP contribution in [0.5, 0.6) is 0 Å². The summed E-state index contributed by atoms with van der Waals surface area (Å²) in [5.41, 5.74) is 6.12. The molecule has 0 aliphatic carbocycles.